The zero-order chi connectivity index (χ0) is 12.7. The van der Waals surface area contributed by atoms with E-state index in [4.69, 9.17) is 4.74 Å². The van der Waals surface area contributed by atoms with Gasteiger partial charge in [-0.2, -0.15) is 0 Å². The van der Waals surface area contributed by atoms with Crippen molar-refractivity contribution in [2.45, 2.75) is 20.3 Å². The van der Waals surface area contributed by atoms with Gasteiger partial charge in [0.25, 0.3) is 0 Å². The first-order valence-corrected chi connectivity index (χ1v) is 6.86. The normalized spacial score (nSPS) is 11.4. The van der Waals surface area contributed by atoms with Gasteiger partial charge in [-0.3, -0.25) is 0 Å². The standard InChI is InChI=1S/C14H17BrO2/c1-3-11-5-7-12(8-6-11)9-13(10-15)14(16)17-4-2/h5-9H,3-4,10H2,1-2H3/b13-9+. The summed E-state index contributed by atoms with van der Waals surface area (Å²) < 4.78 is 4.97. The second-order valence-corrected chi connectivity index (χ2v) is 4.18. The van der Waals surface area contributed by atoms with E-state index in [1.807, 2.05) is 18.2 Å². The number of benzene rings is 1. The third-order valence-corrected chi connectivity index (χ3v) is 3.01. The number of carbonyl (C=O) groups excluding carboxylic acids is 1. The lowest BCUT2D eigenvalue weighted by Crippen LogP contribution is -2.08. The molecule has 0 amide bonds. The average Bonchev–Trinajstić information content (AvgIpc) is 2.37. The number of carbonyl (C=O) groups is 1. The summed E-state index contributed by atoms with van der Waals surface area (Å²) in [5, 5.41) is 0.501. The Bertz CT molecular complexity index is 393. The van der Waals surface area contributed by atoms with Crippen LogP contribution < -0.4 is 0 Å². The molecule has 0 saturated heterocycles. The zero-order valence-corrected chi connectivity index (χ0v) is 11.8. The Balaban J connectivity index is 2.86. The minimum absolute atomic E-state index is 0.260. The zero-order valence-electron chi connectivity index (χ0n) is 10.2. The van der Waals surface area contributed by atoms with E-state index < -0.39 is 0 Å². The fourth-order valence-electron chi connectivity index (χ4n) is 1.43. The third-order valence-electron chi connectivity index (χ3n) is 2.41. The van der Waals surface area contributed by atoms with Crippen molar-refractivity contribution >= 4 is 28.0 Å². The number of esters is 1. The van der Waals surface area contributed by atoms with Gasteiger partial charge >= 0.3 is 5.97 Å². The molecule has 0 radical (unpaired) electrons. The van der Waals surface area contributed by atoms with E-state index in [0.717, 1.165) is 12.0 Å². The van der Waals surface area contributed by atoms with Crippen LogP contribution in [0.5, 0.6) is 0 Å². The smallest absolute Gasteiger partial charge is 0.334 e. The molecule has 0 atom stereocenters. The van der Waals surface area contributed by atoms with Crippen molar-refractivity contribution in [3.63, 3.8) is 0 Å². The van der Waals surface area contributed by atoms with Crippen LogP contribution in [0.25, 0.3) is 6.08 Å². The van der Waals surface area contributed by atoms with Crippen molar-refractivity contribution in [2.75, 3.05) is 11.9 Å². The minimum Gasteiger partial charge on any atom is -0.463 e. The van der Waals surface area contributed by atoms with Gasteiger partial charge in [0.1, 0.15) is 0 Å². The highest BCUT2D eigenvalue weighted by atomic mass is 79.9. The maximum absolute atomic E-state index is 11.6. The lowest BCUT2D eigenvalue weighted by molar-refractivity contribution is -0.138. The van der Waals surface area contributed by atoms with Crippen molar-refractivity contribution in [1.29, 1.82) is 0 Å². The highest BCUT2D eigenvalue weighted by Crippen LogP contribution is 2.12. The van der Waals surface area contributed by atoms with Gasteiger partial charge < -0.3 is 4.74 Å². The molecule has 2 nitrogen and oxygen atoms in total. The molecule has 0 aliphatic heterocycles. The summed E-state index contributed by atoms with van der Waals surface area (Å²) in [7, 11) is 0. The van der Waals surface area contributed by atoms with Gasteiger partial charge in [-0.25, -0.2) is 4.79 Å². The van der Waals surface area contributed by atoms with Crippen LogP contribution in [0, 0.1) is 0 Å². The predicted molar refractivity (Wildman–Crippen MR) is 74.2 cm³/mol. The summed E-state index contributed by atoms with van der Waals surface area (Å²) in [5.41, 5.74) is 2.94. The molecule has 0 N–H and O–H groups in total. The van der Waals surface area contributed by atoms with E-state index in [-0.39, 0.29) is 5.97 Å². The SMILES string of the molecule is CCOC(=O)/C(=C/c1ccc(CC)cc1)CBr. The number of hydrogen-bond acceptors (Lipinski definition) is 2. The Kier molecular flexibility index (Phi) is 5.98. The van der Waals surface area contributed by atoms with E-state index in [1.54, 1.807) is 6.92 Å². The van der Waals surface area contributed by atoms with E-state index in [2.05, 4.69) is 35.0 Å². The van der Waals surface area contributed by atoms with Gasteiger partial charge in [0.05, 0.1) is 6.61 Å². The van der Waals surface area contributed by atoms with Gasteiger partial charge in [-0.15, -0.1) is 0 Å². The Morgan fingerprint density at radius 3 is 2.41 bits per heavy atom. The molecular weight excluding hydrogens is 280 g/mol. The highest BCUT2D eigenvalue weighted by Gasteiger charge is 2.08. The molecule has 0 heterocycles. The Labute approximate surface area is 111 Å². The second kappa shape index (κ2) is 7.28. The Morgan fingerprint density at radius 1 is 1.29 bits per heavy atom. The van der Waals surface area contributed by atoms with Crippen LogP contribution in [-0.4, -0.2) is 17.9 Å². The number of aryl methyl sites for hydroxylation is 1. The van der Waals surface area contributed by atoms with Crippen LogP contribution in [0.3, 0.4) is 0 Å². The van der Waals surface area contributed by atoms with Gasteiger partial charge in [0.2, 0.25) is 0 Å². The number of hydrogen-bond donors (Lipinski definition) is 0. The van der Waals surface area contributed by atoms with Crippen molar-refractivity contribution in [1.82, 2.24) is 0 Å². The van der Waals surface area contributed by atoms with Crippen LogP contribution in [0.15, 0.2) is 29.8 Å². The highest BCUT2D eigenvalue weighted by molar-refractivity contribution is 9.09. The van der Waals surface area contributed by atoms with Gasteiger partial charge in [-0.1, -0.05) is 47.1 Å². The summed E-state index contributed by atoms with van der Waals surface area (Å²) in [5.74, 6) is -0.260. The molecule has 0 aromatic heterocycles. The lowest BCUT2D eigenvalue weighted by atomic mass is 10.1. The second-order valence-electron chi connectivity index (χ2n) is 3.62. The van der Waals surface area contributed by atoms with Crippen LogP contribution in [0.2, 0.25) is 0 Å². The van der Waals surface area contributed by atoms with Crippen molar-refractivity contribution < 1.29 is 9.53 Å². The maximum Gasteiger partial charge on any atom is 0.334 e. The van der Waals surface area contributed by atoms with Gasteiger partial charge in [-0.05, 0) is 30.5 Å². The predicted octanol–water partition coefficient (Wildman–Crippen LogP) is 3.59. The third kappa shape index (κ3) is 4.35. The molecule has 0 unspecified atom stereocenters. The fraction of sp³-hybridized carbons (Fsp3) is 0.357. The Morgan fingerprint density at radius 2 is 1.94 bits per heavy atom. The molecule has 0 aliphatic carbocycles. The fourth-order valence-corrected chi connectivity index (χ4v) is 1.82. The van der Waals surface area contributed by atoms with E-state index in [0.29, 0.717) is 17.5 Å². The van der Waals surface area contributed by atoms with E-state index in [9.17, 15) is 4.79 Å². The lowest BCUT2D eigenvalue weighted by Gasteiger charge is -2.04. The topological polar surface area (TPSA) is 26.3 Å². The molecule has 1 aromatic rings. The molecule has 92 valence electrons. The number of halogens is 1. The number of rotatable bonds is 5. The minimum atomic E-state index is -0.260. The van der Waals surface area contributed by atoms with Crippen molar-refractivity contribution in [3.8, 4) is 0 Å². The van der Waals surface area contributed by atoms with Crippen LogP contribution >= 0.6 is 15.9 Å². The molecule has 0 aliphatic rings. The van der Waals surface area contributed by atoms with Crippen LogP contribution in [0.1, 0.15) is 25.0 Å². The molecular formula is C14H17BrO2. The molecule has 0 spiro atoms. The molecule has 1 rings (SSSR count). The first-order valence-electron chi connectivity index (χ1n) is 5.73. The quantitative estimate of drug-likeness (QED) is 0.471. The number of alkyl halides is 1. The Hall–Kier alpha value is -1.09. The summed E-state index contributed by atoms with van der Waals surface area (Å²) in [6, 6.07) is 8.17. The van der Waals surface area contributed by atoms with Crippen LogP contribution in [-0.2, 0) is 16.0 Å². The summed E-state index contributed by atoms with van der Waals surface area (Å²) in [4.78, 5) is 11.6. The number of ether oxygens (including phenoxy) is 1. The van der Waals surface area contributed by atoms with Crippen LogP contribution in [0.4, 0.5) is 0 Å². The molecule has 0 fully saturated rings. The molecule has 1 aromatic carbocycles. The van der Waals surface area contributed by atoms with Crippen molar-refractivity contribution in [3.05, 3.63) is 41.0 Å². The molecule has 0 saturated carbocycles. The largest absolute Gasteiger partial charge is 0.463 e. The van der Waals surface area contributed by atoms with Gasteiger partial charge in [0.15, 0.2) is 0 Å². The summed E-state index contributed by atoms with van der Waals surface area (Å²) in [6.07, 6.45) is 2.87. The van der Waals surface area contributed by atoms with E-state index >= 15 is 0 Å². The summed E-state index contributed by atoms with van der Waals surface area (Å²) >= 11 is 3.30. The van der Waals surface area contributed by atoms with Crippen molar-refractivity contribution in [2.24, 2.45) is 0 Å². The first-order chi connectivity index (χ1) is 8.21. The molecule has 3 heteroatoms. The maximum atomic E-state index is 11.6. The molecule has 17 heavy (non-hydrogen) atoms. The summed E-state index contributed by atoms with van der Waals surface area (Å²) in [6.45, 7) is 4.32. The average molecular weight is 297 g/mol. The monoisotopic (exact) mass is 296 g/mol. The first kappa shape index (κ1) is 14.0. The van der Waals surface area contributed by atoms with E-state index in [1.165, 1.54) is 5.56 Å². The van der Waals surface area contributed by atoms with Gasteiger partial charge in [0, 0.05) is 10.9 Å². The molecule has 0 bridgehead atoms.